The SMILES string of the molecule is COC(=O)c1ccc2c(CN3C(=O)[C@@H](NC(=O)[C@H](C)N(C)C(=O)OC(C)(C)C)CN(C(=O)CCCN)c4ccccc43)c(OC)ccc2c1. The first-order valence-corrected chi connectivity index (χ1v) is 16.1. The second-order valence-electron chi connectivity index (χ2n) is 12.8. The van der Waals surface area contributed by atoms with Crippen molar-refractivity contribution in [2.75, 3.05) is 44.2 Å². The summed E-state index contributed by atoms with van der Waals surface area (Å²) in [6, 6.07) is 13.5. The number of esters is 1. The monoisotopic (exact) mass is 675 g/mol. The molecule has 0 aromatic heterocycles. The number of rotatable bonds is 10. The summed E-state index contributed by atoms with van der Waals surface area (Å²) < 4.78 is 16.1. The van der Waals surface area contributed by atoms with Crippen LogP contribution in [0.25, 0.3) is 10.8 Å². The third-order valence-corrected chi connectivity index (χ3v) is 8.29. The summed E-state index contributed by atoms with van der Waals surface area (Å²) in [7, 11) is 4.27. The van der Waals surface area contributed by atoms with Crippen LogP contribution in [-0.4, -0.2) is 86.7 Å². The van der Waals surface area contributed by atoms with Gasteiger partial charge in [-0.25, -0.2) is 9.59 Å². The minimum atomic E-state index is -1.19. The van der Waals surface area contributed by atoms with Gasteiger partial charge >= 0.3 is 12.1 Å². The summed E-state index contributed by atoms with van der Waals surface area (Å²) in [5.41, 5.74) is 6.88. The highest BCUT2D eigenvalue weighted by Gasteiger charge is 2.38. The summed E-state index contributed by atoms with van der Waals surface area (Å²) >= 11 is 0. The van der Waals surface area contributed by atoms with Gasteiger partial charge in [-0.1, -0.05) is 24.3 Å². The fourth-order valence-electron chi connectivity index (χ4n) is 5.57. The number of hydrogen-bond donors (Lipinski definition) is 2. The summed E-state index contributed by atoms with van der Waals surface area (Å²) in [6.07, 6.45) is -0.129. The fourth-order valence-corrected chi connectivity index (χ4v) is 5.57. The van der Waals surface area contributed by atoms with E-state index in [1.165, 1.54) is 38.0 Å². The quantitative estimate of drug-likeness (QED) is 0.303. The predicted molar refractivity (Wildman–Crippen MR) is 186 cm³/mol. The Morgan fingerprint density at radius 3 is 2.37 bits per heavy atom. The van der Waals surface area contributed by atoms with Crippen LogP contribution in [0.15, 0.2) is 54.6 Å². The molecule has 0 saturated heterocycles. The molecule has 0 fully saturated rings. The summed E-state index contributed by atoms with van der Waals surface area (Å²) in [5.74, 6) is -1.33. The third kappa shape index (κ3) is 8.29. The van der Waals surface area contributed by atoms with E-state index in [1.54, 1.807) is 69.3 Å². The first kappa shape index (κ1) is 36.7. The molecule has 3 aromatic carbocycles. The number of anilines is 2. The number of nitrogens with two attached hydrogens (primary N) is 1. The van der Waals surface area contributed by atoms with E-state index in [0.29, 0.717) is 41.2 Å². The summed E-state index contributed by atoms with van der Waals surface area (Å²) in [5, 5.41) is 4.26. The largest absolute Gasteiger partial charge is 0.496 e. The number of carbonyl (C=O) groups is 5. The van der Waals surface area contributed by atoms with E-state index in [1.807, 2.05) is 6.07 Å². The van der Waals surface area contributed by atoms with Crippen LogP contribution in [-0.2, 0) is 30.4 Å². The zero-order valence-corrected chi connectivity index (χ0v) is 29.1. The molecule has 0 saturated carbocycles. The lowest BCUT2D eigenvalue weighted by Crippen LogP contribution is -2.57. The van der Waals surface area contributed by atoms with Crippen LogP contribution in [0.3, 0.4) is 0 Å². The molecule has 3 aromatic rings. The molecule has 4 amide bonds. The molecular formula is C36H45N5O8. The molecule has 2 atom stereocenters. The highest BCUT2D eigenvalue weighted by atomic mass is 16.6. The smallest absolute Gasteiger partial charge is 0.410 e. The van der Waals surface area contributed by atoms with Gasteiger partial charge in [-0.2, -0.15) is 0 Å². The van der Waals surface area contributed by atoms with Crippen LogP contribution >= 0.6 is 0 Å². The van der Waals surface area contributed by atoms with Crippen molar-refractivity contribution in [3.8, 4) is 5.75 Å². The average molecular weight is 676 g/mol. The van der Waals surface area contributed by atoms with Crippen molar-refractivity contribution in [3.63, 3.8) is 0 Å². The van der Waals surface area contributed by atoms with Gasteiger partial charge in [0.15, 0.2) is 0 Å². The standard InChI is InChI=1S/C36H45N5O8/c1-22(39(5)35(46)49-36(2,3)4)32(43)38-27-21-40(31(42)13-10-18-37)28-11-8-9-12-29(28)41(33(27)44)20-26-25-16-14-24(34(45)48-7)19-23(25)15-17-30(26)47-6/h8-9,11-12,14-17,19,22,27H,10,13,18,20-21,37H2,1-7H3,(H,38,43)/t22-,27-/m0/s1. The lowest BCUT2D eigenvalue weighted by Gasteiger charge is -2.30. The Labute approximate surface area is 286 Å². The molecule has 4 rings (SSSR count). The van der Waals surface area contributed by atoms with Crippen molar-refractivity contribution in [3.05, 3.63) is 65.7 Å². The lowest BCUT2D eigenvalue weighted by molar-refractivity contribution is -0.130. The van der Waals surface area contributed by atoms with Gasteiger partial charge in [0.1, 0.15) is 23.4 Å². The molecule has 1 aliphatic heterocycles. The second-order valence-corrected chi connectivity index (χ2v) is 12.8. The molecule has 0 spiro atoms. The van der Waals surface area contributed by atoms with E-state index in [0.717, 1.165) is 15.7 Å². The van der Waals surface area contributed by atoms with E-state index in [-0.39, 0.29) is 25.4 Å². The Morgan fingerprint density at radius 1 is 1.04 bits per heavy atom. The molecule has 0 radical (unpaired) electrons. The number of likely N-dealkylation sites (N-methyl/N-ethyl adjacent to an activating group) is 1. The normalized spacial score (nSPS) is 15.2. The number of ether oxygens (including phenoxy) is 3. The number of nitrogens with one attached hydrogen (secondary N) is 1. The van der Waals surface area contributed by atoms with Gasteiger partial charge in [0.2, 0.25) is 11.8 Å². The molecule has 3 N–H and O–H groups in total. The Kier molecular flexibility index (Phi) is 11.5. The maximum absolute atomic E-state index is 14.6. The number of benzene rings is 3. The maximum atomic E-state index is 14.6. The fraction of sp³-hybridized carbons (Fsp3) is 0.417. The molecule has 13 nitrogen and oxygen atoms in total. The maximum Gasteiger partial charge on any atom is 0.410 e. The Hall–Kier alpha value is -5.17. The molecule has 0 aliphatic carbocycles. The van der Waals surface area contributed by atoms with Crippen molar-refractivity contribution < 1.29 is 38.2 Å². The number of hydrogen-bond acceptors (Lipinski definition) is 9. The molecule has 13 heteroatoms. The van der Waals surface area contributed by atoms with Crippen LogP contribution in [0.4, 0.5) is 16.2 Å². The first-order valence-electron chi connectivity index (χ1n) is 16.1. The number of amides is 4. The van der Waals surface area contributed by atoms with E-state index in [4.69, 9.17) is 19.9 Å². The van der Waals surface area contributed by atoms with Crippen LogP contribution in [0.5, 0.6) is 5.75 Å². The van der Waals surface area contributed by atoms with Crippen LogP contribution in [0.2, 0.25) is 0 Å². The number of para-hydroxylation sites is 2. The number of methoxy groups -OCH3 is 2. The van der Waals surface area contributed by atoms with Crippen molar-refractivity contribution in [2.45, 2.75) is 64.8 Å². The van der Waals surface area contributed by atoms with Gasteiger partial charge in [0.05, 0.1) is 44.2 Å². The highest BCUT2D eigenvalue weighted by Crippen LogP contribution is 2.37. The van der Waals surface area contributed by atoms with Gasteiger partial charge in [-0.3, -0.25) is 19.3 Å². The second kappa shape index (κ2) is 15.4. The highest BCUT2D eigenvalue weighted by molar-refractivity contribution is 6.09. The van der Waals surface area contributed by atoms with Gasteiger partial charge in [-0.05, 0) is 81.8 Å². The predicted octanol–water partition coefficient (Wildman–Crippen LogP) is 3.99. The summed E-state index contributed by atoms with van der Waals surface area (Å²) in [6.45, 7) is 6.84. The van der Waals surface area contributed by atoms with Gasteiger partial charge in [-0.15, -0.1) is 0 Å². The van der Waals surface area contributed by atoms with Crippen molar-refractivity contribution in [2.24, 2.45) is 5.73 Å². The van der Waals surface area contributed by atoms with Crippen molar-refractivity contribution in [1.29, 1.82) is 0 Å². The minimum Gasteiger partial charge on any atom is -0.496 e. The van der Waals surface area contributed by atoms with Crippen LogP contribution in [0, 0.1) is 0 Å². The van der Waals surface area contributed by atoms with Crippen molar-refractivity contribution >= 4 is 51.9 Å². The van der Waals surface area contributed by atoms with E-state index < -0.39 is 41.6 Å². The molecule has 0 unspecified atom stereocenters. The van der Waals surface area contributed by atoms with E-state index in [2.05, 4.69) is 5.32 Å². The topological polar surface area (TPSA) is 161 Å². The van der Waals surface area contributed by atoms with Gasteiger partial charge in [0, 0.05) is 19.0 Å². The zero-order chi connectivity index (χ0) is 36.0. The Bertz CT molecular complexity index is 1740. The lowest BCUT2D eigenvalue weighted by atomic mass is 10.00. The molecular weight excluding hydrogens is 630 g/mol. The molecule has 1 heterocycles. The average Bonchev–Trinajstić information content (AvgIpc) is 3.19. The third-order valence-electron chi connectivity index (χ3n) is 8.29. The first-order chi connectivity index (χ1) is 23.2. The number of nitrogens with zero attached hydrogens (tertiary/aromatic N) is 3. The molecule has 1 aliphatic rings. The number of carbonyl (C=O) groups excluding carboxylic acids is 5. The van der Waals surface area contributed by atoms with E-state index in [9.17, 15) is 24.0 Å². The van der Waals surface area contributed by atoms with Crippen molar-refractivity contribution in [1.82, 2.24) is 10.2 Å². The summed E-state index contributed by atoms with van der Waals surface area (Å²) in [4.78, 5) is 71.1. The molecule has 0 bridgehead atoms. The molecule has 49 heavy (non-hydrogen) atoms. The van der Waals surface area contributed by atoms with E-state index >= 15 is 0 Å². The Morgan fingerprint density at radius 2 is 1.73 bits per heavy atom. The van der Waals surface area contributed by atoms with Gasteiger partial charge < -0.3 is 35.1 Å². The van der Waals surface area contributed by atoms with Crippen LogP contribution in [0.1, 0.15) is 56.5 Å². The Balaban J connectivity index is 1.79. The molecule has 262 valence electrons. The zero-order valence-electron chi connectivity index (χ0n) is 29.1. The van der Waals surface area contributed by atoms with Crippen LogP contribution < -0.4 is 25.6 Å². The minimum absolute atomic E-state index is 0.00149. The number of fused-ring (bicyclic) bond motifs is 2. The van der Waals surface area contributed by atoms with Gasteiger partial charge in [0.25, 0.3) is 5.91 Å².